The molecule has 3 heterocycles. The highest BCUT2D eigenvalue weighted by Crippen LogP contribution is 2.13. The number of likely N-dealkylation sites (tertiary alicyclic amines) is 1. The molecule has 1 aliphatic heterocycles. The molecule has 7 nitrogen and oxygen atoms in total. The molecule has 0 amide bonds. The van der Waals surface area contributed by atoms with Crippen LogP contribution >= 0.6 is 11.6 Å². The second kappa shape index (κ2) is 6.36. The summed E-state index contributed by atoms with van der Waals surface area (Å²) in [5.41, 5.74) is 0. The Bertz CT molecular complexity index is 580. The second-order valence-electron chi connectivity index (χ2n) is 5.14. The summed E-state index contributed by atoms with van der Waals surface area (Å²) in [6.07, 6.45) is 7.69. The van der Waals surface area contributed by atoms with Gasteiger partial charge in [-0.15, -0.1) is 0 Å². The van der Waals surface area contributed by atoms with Crippen molar-refractivity contribution in [2.45, 2.75) is 12.8 Å². The predicted octanol–water partition coefficient (Wildman–Crippen LogP) is 1.24. The van der Waals surface area contributed by atoms with E-state index in [9.17, 15) is 0 Å². The standard InChI is InChI=1S/C13H18ClN7/c1-19(8-9-20-5-2-3-6-20)12-16-11(14)17-13(18-12)21-7-4-15-10-21/h4,7,10H,2-3,5-6,8-9H2,1H3. The fourth-order valence-corrected chi connectivity index (χ4v) is 2.54. The first-order valence-electron chi connectivity index (χ1n) is 7.06. The summed E-state index contributed by atoms with van der Waals surface area (Å²) in [5, 5.41) is 0.191. The van der Waals surface area contributed by atoms with Crippen molar-refractivity contribution in [3.8, 4) is 5.95 Å². The normalized spacial score (nSPS) is 15.5. The van der Waals surface area contributed by atoms with Crippen LogP contribution in [0.25, 0.3) is 5.95 Å². The van der Waals surface area contributed by atoms with Crippen LogP contribution in [0.15, 0.2) is 18.7 Å². The summed E-state index contributed by atoms with van der Waals surface area (Å²) < 4.78 is 1.71. The Balaban J connectivity index is 1.71. The van der Waals surface area contributed by atoms with E-state index in [-0.39, 0.29) is 5.28 Å². The highest BCUT2D eigenvalue weighted by Gasteiger charge is 2.14. The van der Waals surface area contributed by atoms with E-state index < -0.39 is 0 Å². The van der Waals surface area contributed by atoms with Gasteiger partial charge in [-0.2, -0.15) is 15.0 Å². The van der Waals surface area contributed by atoms with Crippen molar-refractivity contribution in [2.75, 3.05) is 38.1 Å². The molecule has 0 bridgehead atoms. The minimum atomic E-state index is 0.191. The number of imidazole rings is 1. The SMILES string of the molecule is CN(CCN1CCCC1)c1nc(Cl)nc(-n2ccnc2)n1. The lowest BCUT2D eigenvalue weighted by Crippen LogP contribution is -2.32. The molecule has 1 fully saturated rings. The van der Waals surface area contributed by atoms with Crippen LogP contribution in [0.2, 0.25) is 5.28 Å². The van der Waals surface area contributed by atoms with Gasteiger partial charge in [-0.25, -0.2) is 4.98 Å². The molecule has 2 aromatic rings. The fourth-order valence-electron chi connectivity index (χ4n) is 2.39. The van der Waals surface area contributed by atoms with Crippen molar-refractivity contribution in [3.05, 3.63) is 24.0 Å². The highest BCUT2D eigenvalue weighted by atomic mass is 35.5. The largest absolute Gasteiger partial charge is 0.342 e. The van der Waals surface area contributed by atoms with Gasteiger partial charge in [0.25, 0.3) is 0 Å². The average Bonchev–Trinajstić information content (AvgIpc) is 3.17. The first-order valence-corrected chi connectivity index (χ1v) is 7.43. The van der Waals surface area contributed by atoms with Crippen LogP contribution < -0.4 is 4.90 Å². The molecular weight excluding hydrogens is 290 g/mol. The van der Waals surface area contributed by atoms with Gasteiger partial charge in [0.15, 0.2) is 0 Å². The fraction of sp³-hybridized carbons (Fsp3) is 0.538. The lowest BCUT2D eigenvalue weighted by molar-refractivity contribution is 0.346. The Hall–Kier alpha value is -1.73. The third-order valence-electron chi connectivity index (χ3n) is 3.61. The molecule has 3 rings (SSSR count). The number of hydrogen-bond acceptors (Lipinski definition) is 6. The Labute approximate surface area is 128 Å². The van der Waals surface area contributed by atoms with Crippen LogP contribution in [0.4, 0.5) is 5.95 Å². The van der Waals surface area contributed by atoms with Crippen LogP contribution in [-0.4, -0.2) is 62.6 Å². The summed E-state index contributed by atoms with van der Waals surface area (Å²) in [6, 6.07) is 0. The van der Waals surface area contributed by atoms with Gasteiger partial charge >= 0.3 is 0 Å². The zero-order valence-electron chi connectivity index (χ0n) is 12.0. The van der Waals surface area contributed by atoms with Gasteiger partial charge in [-0.3, -0.25) is 4.57 Å². The van der Waals surface area contributed by atoms with Crippen molar-refractivity contribution in [1.82, 2.24) is 29.4 Å². The molecule has 112 valence electrons. The molecule has 0 aliphatic carbocycles. The van der Waals surface area contributed by atoms with Crippen LogP contribution in [0.3, 0.4) is 0 Å². The summed E-state index contributed by atoms with van der Waals surface area (Å²) >= 11 is 6.01. The molecule has 0 aromatic carbocycles. The van der Waals surface area contributed by atoms with E-state index in [1.807, 2.05) is 11.9 Å². The van der Waals surface area contributed by atoms with Gasteiger partial charge in [-0.1, -0.05) is 0 Å². The highest BCUT2D eigenvalue weighted by molar-refractivity contribution is 6.28. The molecule has 2 aromatic heterocycles. The van der Waals surface area contributed by atoms with Crippen LogP contribution in [0, 0.1) is 0 Å². The molecule has 0 N–H and O–H groups in total. The smallest absolute Gasteiger partial charge is 0.241 e. The predicted molar refractivity (Wildman–Crippen MR) is 80.9 cm³/mol. The molecule has 0 radical (unpaired) electrons. The lowest BCUT2D eigenvalue weighted by Gasteiger charge is -2.21. The molecule has 1 aliphatic rings. The van der Waals surface area contributed by atoms with Crippen LogP contribution in [0.1, 0.15) is 12.8 Å². The van der Waals surface area contributed by atoms with Gasteiger partial charge < -0.3 is 9.80 Å². The molecule has 0 atom stereocenters. The van der Waals surface area contributed by atoms with E-state index in [1.165, 1.54) is 25.9 Å². The van der Waals surface area contributed by atoms with E-state index in [0.29, 0.717) is 11.9 Å². The van der Waals surface area contributed by atoms with Crippen LogP contribution in [-0.2, 0) is 0 Å². The molecule has 0 unspecified atom stereocenters. The number of halogens is 1. The van der Waals surface area contributed by atoms with E-state index in [4.69, 9.17) is 11.6 Å². The number of aromatic nitrogens is 5. The number of hydrogen-bond donors (Lipinski definition) is 0. The lowest BCUT2D eigenvalue weighted by atomic mass is 10.4. The van der Waals surface area contributed by atoms with Crippen molar-refractivity contribution in [3.63, 3.8) is 0 Å². The van der Waals surface area contributed by atoms with E-state index in [0.717, 1.165) is 13.1 Å². The minimum absolute atomic E-state index is 0.191. The maximum atomic E-state index is 6.01. The Morgan fingerprint density at radius 1 is 1.24 bits per heavy atom. The quantitative estimate of drug-likeness (QED) is 0.828. The van der Waals surface area contributed by atoms with Gasteiger partial charge in [0.1, 0.15) is 6.33 Å². The topological polar surface area (TPSA) is 63.0 Å². The summed E-state index contributed by atoms with van der Waals surface area (Å²) in [4.78, 5) is 21.2. The Morgan fingerprint density at radius 2 is 2.05 bits per heavy atom. The summed E-state index contributed by atoms with van der Waals surface area (Å²) in [6.45, 7) is 4.25. The van der Waals surface area contributed by atoms with Crippen molar-refractivity contribution < 1.29 is 0 Å². The Kier molecular flexibility index (Phi) is 4.31. The van der Waals surface area contributed by atoms with Gasteiger partial charge in [-0.05, 0) is 37.5 Å². The maximum absolute atomic E-state index is 6.01. The number of likely N-dealkylation sites (N-methyl/N-ethyl adjacent to an activating group) is 1. The van der Waals surface area contributed by atoms with Crippen molar-refractivity contribution in [1.29, 1.82) is 0 Å². The third-order valence-corrected chi connectivity index (χ3v) is 3.78. The van der Waals surface area contributed by atoms with E-state index >= 15 is 0 Å². The molecular formula is C13H18ClN7. The minimum Gasteiger partial charge on any atom is -0.342 e. The van der Waals surface area contributed by atoms with Crippen LogP contribution in [0.5, 0.6) is 0 Å². The van der Waals surface area contributed by atoms with Gasteiger partial charge in [0.2, 0.25) is 17.2 Å². The maximum Gasteiger partial charge on any atom is 0.241 e. The van der Waals surface area contributed by atoms with Crippen molar-refractivity contribution in [2.24, 2.45) is 0 Å². The number of anilines is 1. The number of nitrogens with zero attached hydrogens (tertiary/aromatic N) is 7. The average molecular weight is 308 g/mol. The zero-order chi connectivity index (χ0) is 14.7. The number of rotatable bonds is 5. The third kappa shape index (κ3) is 3.48. The monoisotopic (exact) mass is 307 g/mol. The molecule has 0 saturated carbocycles. The molecule has 21 heavy (non-hydrogen) atoms. The van der Waals surface area contributed by atoms with Crippen molar-refractivity contribution >= 4 is 17.5 Å². The molecule has 1 saturated heterocycles. The first kappa shape index (κ1) is 14.2. The van der Waals surface area contributed by atoms with E-state index in [1.54, 1.807) is 23.3 Å². The first-order chi connectivity index (χ1) is 10.2. The summed E-state index contributed by atoms with van der Waals surface area (Å²) in [7, 11) is 1.97. The molecule has 0 spiro atoms. The van der Waals surface area contributed by atoms with Gasteiger partial charge in [0.05, 0.1) is 0 Å². The Morgan fingerprint density at radius 3 is 2.76 bits per heavy atom. The zero-order valence-corrected chi connectivity index (χ0v) is 12.7. The molecule has 8 heteroatoms. The summed E-state index contributed by atoms with van der Waals surface area (Å²) in [5.74, 6) is 1.06. The van der Waals surface area contributed by atoms with E-state index in [2.05, 4.69) is 24.8 Å². The second-order valence-corrected chi connectivity index (χ2v) is 5.48. The van der Waals surface area contributed by atoms with Gasteiger partial charge in [0, 0.05) is 32.5 Å².